The van der Waals surface area contributed by atoms with Crippen LogP contribution in [0.2, 0.25) is 0 Å². The molecule has 0 amide bonds. The molecule has 0 radical (unpaired) electrons. The van der Waals surface area contributed by atoms with Crippen LogP contribution in [0, 0.1) is 10.1 Å². The lowest BCUT2D eigenvalue weighted by Crippen LogP contribution is -2.03. The van der Waals surface area contributed by atoms with E-state index < -0.39 is 19.7 Å². The molecule has 0 N–H and O–H groups in total. The molecule has 0 aliphatic rings. The molecule has 0 unspecified atom stereocenters. The van der Waals surface area contributed by atoms with Gasteiger partial charge in [-0.2, -0.15) is 0 Å². The Morgan fingerprint density at radius 2 is 1.94 bits per heavy atom. The molecule has 1 aromatic carbocycles. The quantitative estimate of drug-likeness (QED) is 0.484. The van der Waals surface area contributed by atoms with Crippen LogP contribution in [0.4, 0.5) is 5.69 Å². The van der Waals surface area contributed by atoms with Crippen molar-refractivity contribution in [3.63, 3.8) is 0 Å². The summed E-state index contributed by atoms with van der Waals surface area (Å²) in [7, 11) is 2.31. The van der Waals surface area contributed by atoms with E-state index in [1.807, 2.05) is 0 Å². The molecule has 0 heterocycles. The minimum atomic E-state index is -4.11. The third-order valence-electron chi connectivity index (χ3n) is 2.39. The molecule has 0 aromatic heterocycles. The van der Waals surface area contributed by atoms with Gasteiger partial charge in [-0.3, -0.25) is 10.1 Å². The summed E-state index contributed by atoms with van der Waals surface area (Å²) >= 11 is 0. The fourth-order valence-electron chi connectivity index (χ4n) is 1.46. The Morgan fingerprint density at radius 3 is 2.28 bits per heavy atom. The van der Waals surface area contributed by atoms with Crippen LogP contribution in [-0.4, -0.2) is 20.5 Å². The molecule has 0 saturated heterocycles. The van der Waals surface area contributed by atoms with Gasteiger partial charge in [0.25, 0.3) is 9.05 Å². The summed E-state index contributed by atoms with van der Waals surface area (Å²) in [5.74, 6) is -0.425. The van der Waals surface area contributed by atoms with Crippen LogP contribution in [-0.2, 0) is 9.05 Å². The third-order valence-corrected chi connectivity index (χ3v) is 3.72. The molecule has 8 heteroatoms. The summed E-state index contributed by atoms with van der Waals surface area (Å²) in [4.78, 5) is 9.84. The fourth-order valence-corrected chi connectivity index (χ4v) is 2.49. The Bertz CT molecular complexity index is 582. The highest BCUT2D eigenvalue weighted by Gasteiger charge is 2.27. The van der Waals surface area contributed by atoms with E-state index in [2.05, 4.69) is 0 Å². The molecule has 100 valence electrons. The highest BCUT2D eigenvalue weighted by Crippen LogP contribution is 2.38. The minimum absolute atomic E-state index is 0.0771. The summed E-state index contributed by atoms with van der Waals surface area (Å²) < 4.78 is 27.6. The van der Waals surface area contributed by atoms with Gasteiger partial charge in [-0.1, -0.05) is 13.8 Å². The van der Waals surface area contributed by atoms with Crippen LogP contribution < -0.4 is 4.74 Å². The number of methoxy groups -OCH3 is 1. The number of halogens is 1. The third kappa shape index (κ3) is 2.91. The maximum atomic E-state index is 11.4. The van der Waals surface area contributed by atoms with Gasteiger partial charge in [-0.25, -0.2) is 8.42 Å². The number of nitro benzene ring substituents is 1. The molecule has 0 fully saturated rings. The van der Waals surface area contributed by atoms with Gasteiger partial charge in [0, 0.05) is 16.7 Å². The van der Waals surface area contributed by atoms with Crippen LogP contribution in [0.25, 0.3) is 0 Å². The van der Waals surface area contributed by atoms with E-state index in [1.54, 1.807) is 13.8 Å². The summed E-state index contributed by atoms with van der Waals surface area (Å²) in [6, 6.07) is 2.58. The van der Waals surface area contributed by atoms with E-state index in [0.717, 1.165) is 7.11 Å². The standard InChI is InChI=1S/C10H12ClNO5S/c1-6(2)7-4-8(12(13)14)10(17-3)9(5-7)18(11,15)16/h4-6H,1-3H3. The zero-order valence-electron chi connectivity index (χ0n) is 10.0. The van der Waals surface area contributed by atoms with Crippen LogP contribution in [0.15, 0.2) is 17.0 Å². The van der Waals surface area contributed by atoms with E-state index in [9.17, 15) is 18.5 Å². The first kappa shape index (κ1) is 14.7. The average molecular weight is 294 g/mol. The molecular weight excluding hydrogens is 282 g/mol. The molecule has 1 aromatic rings. The first-order valence-corrected chi connectivity index (χ1v) is 7.30. The van der Waals surface area contributed by atoms with Crippen LogP contribution in [0.3, 0.4) is 0 Å². The normalized spacial score (nSPS) is 11.6. The molecule has 0 atom stereocenters. The first-order chi connectivity index (χ1) is 8.18. The number of nitro groups is 1. The van der Waals surface area contributed by atoms with E-state index >= 15 is 0 Å². The van der Waals surface area contributed by atoms with Crippen molar-refractivity contribution in [1.82, 2.24) is 0 Å². The summed E-state index contributed by atoms with van der Waals surface area (Å²) in [6.07, 6.45) is 0. The number of rotatable bonds is 4. The number of nitrogens with zero attached hydrogens (tertiary/aromatic N) is 1. The van der Waals surface area contributed by atoms with Crippen molar-refractivity contribution >= 4 is 25.4 Å². The predicted octanol–water partition coefficient (Wildman–Crippen LogP) is 2.65. The molecule has 18 heavy (non-hydrogen) atoms. The maximum absolute atomic E-state index is 11.4. The lowest BCUT2D eigenvalue weighted by molar-refractivity contribution is -0.386. The minimum Gasteiger partial charge on any atom is -0.489 e. The summed E-state index contributed by atoms with van der Waals surface area (Å²) in [5, 5.41) is 10.9. The lowest BCUT2D eigenvalue weighted by atomic mass is 10.0. The topological polar surface area (TPSA) is 86.5 Å². The average Bonchev–Trinajstić information content (AvgIpc) is 2.25. The number of ether oxygens (including phenoxy) is 1. The zero-order valence-corrected chi connectivity index (χ0v) is 11.6. The van der Waals surface area contributed by atoms with E-state index in [0.29, 0.717) is 5.56 Å². The van der Waals surface area contributed by atoms with Crippen LogP contribution >= 0.6 is 10.7 Å². The largest absolute Gasteiger partial charge is 0.489 e. The van der Waals surface area contributed by atoms with Crippen molar-refractivity contribution in [2.45, 2.75) is 24.7 Å². The Labute approximate surface area is 109 Å². The van der Waals surface area contributed by atoms with Crippen molar-refractivity contribution in [2.75, 3.05) is 7.11 Å². The molecule has 6 nitrogen and oxygen atoms in total. The highest BCUT2D eigenvalue weighted by atomic mass is 35.7. The molecule has 0 saturated carbocycles. The van der Waals surface area contributed by atoms with E-state index in [1.165, 1.54) is 12.1 Å². The van der Waals surface area contributed by atoms with Crippen LogP contribution in [0.1, 0.15) is 25.3 Å². The molecule has 1 rings (SSSR count). The van der Waals surface area contributed by atoms with Gasteiger partial charge in [0.05, 0.1) is 12.0 Å². The zero-order chi connectivity index (χ0) is 14.1. The molecule has 0 spiro atoms. The molecule has 0 aliphatic heterocycles. The second-order valence-electron chi connectivity index (χ2n) is 3.92. The van der Waals surface area contributed by atoms with Crippen molar-refractivity contribution in [2.24, 2.45) is 0 Å². The maximum Gasteiger partial charge on any atom is 0.312 e. The second kappa shape index (κ2) is 5.11. The van der Waals surface area contributed by atoms with Gasteiger partial charge in [-0.05, 0) is 17.5 Å². The van der Waals surface area contributed by atoms with Gasteiger partial charge in [0.15, 0.2) is 0 Å². The number of hydrogen-bond donors (Lipinski definition) is 0. The number of hydrogen-bond acceptors (Lipinski definition) is 5. The summed E-state index contributed by atoms with van der Waals surface area (Å²) in [6.45, 7) is 3.58. The lowest BCUT2D eigenvalue weighted by Gasteiger charge is -2.11. The predicted molar refractivity (Wildman–Crippen MR) is 66.8 cm³/mol. The Balaban J connectivity index is 3.73. The first-order valence-electron chi connectivity index (χ1n) is 4.99. The van der Waals surface area contributed by atoms with Gasteiger partial charge in [0.2, 0.25) is 5.75 Å². The molecule has 0 bridgehead atoms. The molecule has 0 aliphatic carbocycles. The van der Waals surface area contributed by atoms with Gasteiger partial charge in [0.1, 0.15) is 4.90 Å². The Kier molecular flexibility index (Phi) is 4.18. The van der Waals surface area contributed by atoms with Gasteiger partial charge in [-0.15, -0.1) is 0 Å². The SMILES string of the molecule is COc1c([N+](=O)[O-])cc(C(C)C)cc1S(=O)(=O)Cl. The van der Waals surface area contributed by atoms with Crippen LogP contribution in [0.5, 0.6) is 5.75 Å². The van der Waals surface area contributed by atoms with Gasteiger partial charge >= 0.3 is 5.69 Å². The monoisotopic (exact) mass is 293 g/mol. The number of benzene rings is 1. The van der Waals surface area contributed by atoms with Gasteiger partial charge < -0.3 is 4.74 Å². The Morgan fingerprint density at radius 1 is 1.39 bits per heavy atom. The Hall–Kier alpha value is -1.34. The molecular formula is C10H12ClNO5S. The second-order valence-corrected chi connectivity index (χ2v) is 6.46. The fraction of sp³-hybridized carbons (Fsp3) is 0.400. The van der Waals surface area contributed by atoms with E-state index in [4.69, 9.17) is 15.4 Å². The van der Waals surface area contributed by atoms with Crippen molar-refractivity contribution in [3.8, 4) is 5.75 Å². The van der Waals surface area contributed by atoms with Crippen molar-refractivity contribution in [1.29, 1.82) is 0 Å². The van der Waals surface area contributed by atoms with Crippen molar-refractivity contribution in [3.05, 3.63) is 27.8 Å². The van der Waals surface area contributed by atoms with Crippen molar-refractivity contribution < 1.29 is 18.1 Å². The highest BCUT2D eigenvalue weighted by molar-refractivity contribution is 8.13. The summed E-state index contributed by atoms with van der Waals surface area (Å²) in [5.41, 5.74) is 0.0876. The van der Waals surface area contributed by atoms with E-state index in [-0.39, 0.29) is 16.6 Å². The smallest absolute Gasteiger partial charge is 0.312 e.